The molecular formula is C27H33BO2. The van der Waals surface area contributed by atoms with Crippen LogP contribution in [0.4, 0.5) is 0 Å². The van der Waals surface area contributed by atoms with Crippen LogP contribution >= 0.6 is 0 Å². The second-order valence-corrected chi connectivity index (χ2v) is 9.38. The van der Waals surface area contributed by atoms with Gasteiger partial charge in [0.1, 0.15) is 0 Å². The van der Waals surface area contributed by atoms with E-state index in [1.165, 1.54) is 60.7 Å². The molecule has 0 amide bonds. The largest absolute Gasteiger partial charge is 0.570 e. The van der Waals surface area contributed by atoms with E-state index in [4.69, 9.17) is 9.08 Å². The van der Waals surface area contributed by atoms with Gasteiger partial charge >= 0.3 is 12.3 Å². The summed E-state index contributed by atoms with van der Waals surface area (Å²) < 4.78 is 13.2. The molecule has 2 nitrogen and oxygen atoms in total. The average Bonchev–Trinajstić information content (AvgIpc) is 3.07. The molecule has 1 spiro atoms. The highest BCUT2D eigenvalue weighted by Gasteiger charge is 2.58. The number of benzene rings is 2. The highest BCUT2D eigenvalue weighted by molar-refractivity contribution is 6.94. The van der Waals surface area contributed by atoms with Crippen molar-refractivity contribution in [2.24, 2.45) is 0 Å². The smallest absolute Gasteiger partial charge is 0.455 e. The molecule has 0 saturated carbocycles. The van der Waals surface area contributed by atoms with Crippen LogP contribution in [0.5, 0.6) is 0 Å². The van der Waals surface area contributed by atoms with Gasteiger partial charge in [0.15, 0.2) is 6.61 Å². The zero-order valence-corrected chi connectivity index (χ0v) is 18.2. The van der Waals surface area contributed by atoms with Gasteiger partial charge in [0, 0.05) is 0 Å². The van der Waals surface area contributed by atoms with Crippen LogP contribution in [-0.2, 0) is 15.5 Å². The fraction of sp³-hybridized carbons (Fsp3) is 0.444. The zero-order chi connectivity index (χ0) is 20.4. The highest BCUT2D eigenvalue weighted by Crippen LogP contribution is 2.59. The van der Waals surface area contributed by atoms with Crippen LogP contribution in [-0.4, -0.2) is 18.9 Å². The van der Waals surface area contributed by atoms with Crippen LogP contribution in [0.15, 0.2) is 66.2 Å². The molecule has 3 heteroatoms. The number of esters is 1. The molecule has 0 aliphatic carbocycles. The lowest BCUT2D eigenvalue weighted by Gasteiger charge is -2.51. The third kappa shape index (κ3) is 3.33. The molecule has 2 saturated heterocycles. The Labute approximate surface area is 181 Å². The monoisotopic (exact) mass is 400 g/mol. The lowest BCUT2D eigenvalue weighted by Crippen LogP contribution is -2.51. The van der Waals surface area contributed by atoms with Gasteiger partial charge in [-0.2, -0.15) is 0 Å². The van der Waals surface area contributed by atoms with Gasteiger partial charge < -0.3 is 9.08 Å². The number of hydrogen-bond acceptors (Lipinski definition) is 1. The Morgan fingerprint density at radius 3 is 2.03 bits per heavy atom. The maximum atomic E-state index is 7.05. The standard InChI is InChI=1S/C27H33BO2/c1-2-29-27-25(20-19-21-11-5-3-6-12-21)26(22-13-7-4-8-14-22)28(30-27)23-15-9-16-24(28)18-10-17-23/h3-8,11-14,23-24H,2,9-10,15-20H2,1H3. The fourth-order valence-corrected chi connectivity index (χ4v) is 6.76. The minimum absolute atomic E-state index is 0.660. The van der Waals surface area contributed by atoms with E-state index in [-0.39, 0.29) is 0 Å². The molecular weight excluding hydrogens is 367 g/mol. The Hall–Kier alpha value is -2.29. The summed E-state index contributed by atoms with van der Waals surface area (Å²) in [6.45, 7) is 2.74. The van der Waals surface area contributed by atoms with Gasteiger partial charge in [-0.15, -0.1) is 5.47 Å². The van der Waals surface area contributed by atoms with Crippen LogP contribution in [0, 0.1) is 0 Å². The van der Waals surface area contributed by atoms with Crippen molar-refractivity contribution in [3.8, 4) is 0 Å². The lowest BCUT2D eigenvalue weighted by atomic mass is 9.17. The predicted molar refractivity (Wildman–Crippen MR) is 126 cm³/mol. The first kappa shape index (κ1) is 19.7. The molecule has 30 heavy (non-hydrogen) atoms. The molecule has 3 heterocycles. The molecule has 3 aliphatic heterocycles. The van der Waals surface area contributed by atoms with E-state index in [0.717, 1.165) is 18.8 Å². The first-order valence-corrected chi connectivity index (χ1v) is 12.0. The van der Waals surface area contributed by atoms with Crippen LogP contribution in [0.1, 0.15) is 63.0 Å². The average molecular weight is 400 g/mol. The van der Waals surface area contributed by atoms with Crippen molar-refractivity contribution in [2.45, 2.75) is 69.9 Å². The molecule has 2 aromatic rings. The molecule has 0 radical (unpaired) electrons. The molecule has 0 unspecified atom stereocenters. The topological polar surface area (TPSA) is 20.5 Å². The molecule has 2 aromatic carbocycles. The summed E-state index contributed by atoms with van der Waals surface area (Å²) in [5, 5.41) is 0. The second kappa shape index (κ2) is 8.45. The van der Waals surface area contributed by atoms with Gasteiger partial charge in [0.05, 0.1) is 5.57 Å². The number of ether oxygens (including phenoxy) is 1. The molecule has 2 fully saturated rings. The molecule has 0 aromatic heterocycles. The first-order chi connectivity index (χ1) is 14.8. The van der Waals surface area contributed by atoms with Gasteiger partial charge in [0.2, 0.25) is 0 Å². The van der Waals surface area contributed by atoms with Gasteiger partial charge in [-0.05, 0) is 25.3 Å². The maximum absolute atomic E-state index is 7.05. The lowest BCUT2D eigenvalue weighted by molar-refractivity contribution is -0.324. The van der Waals surface area contributed by atoms with Crippen molar-refractivity contribution in [1.82, 2.24) is 0 Å². The Morgan fingerprint density at radius 2 is 1.43 bits per heavy atom. The van der Waals surface area contributed by atoms with Crippen molar-refractivity contribution >= 4 is 17.8 Å². The van der Waals surface area contributed by atoms with E-state index in [9.17, 15) is 0 Å². The molecule has 3 aliphatic rings. The molecule has 0 N–H and O–H groups in total. The highest BCUT2D eigenvalue weighted by atomic mass is 16.6. The van der Waals surface area contributed by atoms with E-state index in [1.54, 1.807) is 0 Å². The Bertz CT molecular complexity index is 910. The van der Waals surface area contributed by atoms with Gasteiger partial charge in [0.25, 0.3) is 0 Å². The summed E-state index contributed by atoms with van der Waals surface area (Å²) in [7, 11) is 0. The summed E-state index contributed by atoms with van der Waals surface area (Å²) in [5.74, 6) is 2.17. The summed E-state index contributed by atoms with van der Waals surface area (Å²) in [6.07, 6.45) is 8.87. The predicted octanol–water partition coefficient (Wildman–Crippen LogP) is 6.78. The molecule has 2 bridgehead atoms. The third-order valence-electron chi connectivity index (χ3n) is 7.89. The Balaban J connectivity index is 1.64. The maximum Gasteiger partial charge on any atom is 0.455 e. The van der Waals surface area contributed by atoms with E-state index < -0.39 is 6.35 Å². The van der Waals surface area contributed by atoms with Crippen molar-refractivity contribution in [2.75, 3.05) is 6.61 Å². The van der Waals surface area contributed by atoms with Crippen molar-refractivity contribution in [3.63, 3.8) is 0 Å². The summed E-state index contributed by atoms with van der Waals surface area (Å²) in [6, 6.07) is 21.9. The second-order valence-electron chi connectivity index (χ2n) is 9.38. The Morgan fingerprint density at radius 1 is 0.833 bits per heavy atom. The van der Waals surface area contributed by atoms with Crippen molar-refractivity contribution in [1.29, 1.82) is 0 Å². The summed E-state index contributed by atoms with van der Waals surface area (Å²) >= 11 is 0. The minimum atomic E-state index is -1.06. The minimum Gasteiger partial charge on any atom is -0.570 e. The van der Waals surface area contributed by atoms with E-state index in [0.29, 0.717) is 18.2 Å². The van der Waals surface area contributed by atoms with Crippen LogP contribution in [0.25, 0.3) is 5.47 Å². The van der Waals surface area contributed by atoms with Crippen LogP contribution in [0.2, 0.25) is 11.6 Å². The molecule has 5 rings (SSSR count). The number of hydrogen-bond donors (Lipinski definition) is 0. The number of rotatable bonds is 5. The number of aryl methyl sites for hydroxylation is 1. The zero-order valence-electron chi connectivity index (χ0n) is 18.2. The van der Waals surface area contributed by atoms with Crippen LogP contribution < -0.4 is 0 Å². The quantitative estimate of drug-likeness (QED) is 0.308. The molecule has 156 valence electrons. The van der Waals surface area contributed by atoms with E-state index >= 15 is 0 Å². The number of carbonyl (C=O) groups excluding carboxylic acids is 1. The normalized spacial score (nSPS) is 28.0. The van der Waals surface area contributed by atoms with Crippen molar-refractivity contribution in [3.05, 3.63) is 77.4 Å². The third-order valence-corrected chi connectivity index (χ3v) is 7.89. The van der Waals surface area contributed by atoms with E-state index in [2.05, 4.69) is 67.6 Å². The van der Waals surface area contributed by atoms with Crippen molar-refractivity contribution < 1.29 is 9.08 Å². The summed E-state index contributed by atoms with van der Waals surface area (Å²) in [4.78, 5) is 0. The van der Waals surface area contributed by atoms with E-state index in [1.807, 2.05) is 0 Å². The SMILES string of the molecule is CCOC1=[O+][B-]2(C(c3ccccc3)=C1CCc1ccccc1)C1CCCC2CCC1. The van der Waals surface area contributed by atoms with Gasteiger partial charge in [-0.1, -0.05) is 116 Å². The molecule has 0 atom stereocenters. The first-order valence-electron chi connectivity index (χ1n) is 12.0. The van der Waals surface area contributed by atoms with Crippen LogP contribution in [0.3, 0.4) is 0 Å². The van der Waals surface area contributed by atoms with Gasteiger partial charge in [-0.25, -0.2) is 0 Å². The van der Waals surface area contributed by atoms with Gasteiger partial charge in [-0.3, -0.25) is 0 Å². The fourth-order valence-electron chi connectivity index (χ4n) is 6.76. The Kier molecular flexibility index (Phi) is 5.54. The summed E-state index contributed by atoms with van der Waals surface area (Å²) in [5.41, 5.74) is 5.58.